The second kappa shape index (κ2) is 11.6. The van der Waals surface area contributed by atoms with Crippen LogP contribution in [0.4, 0.5) is 0 Å². The molecule has 108 valence electrons. The molecule has 0 atom stereocenters. The Morgan fingerprint density at radius 2 is 1.61 bits per heavy atom. The summed E-state index contributed by atoms with van der Waals surface area (Å²) in [6.45, 7) is 15.7. The van der Waals surface area contributed by atoms with Crippen molar-refractivity contribution in [1.29, 1.82) is 0 Å². The summed E-state index contributed by atoms with van der Waals surface area (Å²) < 4.78 is 5.62. The lowest BCUT2D eigenvalue weighted by molar-refractivity contribution is 0.125. The summed E-state index contributed by atoms with van der Waals surface area (Å²) in [4.78, 5) is 0. The van der Waals surface area contributed by atoms with Crippen LogP contribution < -0.4 is 5.32 Å². The molecule has 0 aliphatic carbocycles. The van der Waals surface area contributed by atoms with Crippen molar-refractivity contribution in [3.05, 3.63) is 12.3 Å². The van der Waals surface area contributed by atoms with Crippen LogP contribution in [0.15, 0.2) is 12.3 Å². The van der Waals surface area contributed by atoms with Gasteiger partial charge in [-0.3, -0.25) is 0 Å². The maximum absolute atomic E-state index is 5.62. The molecule has 2 nitrogen and oxygen atoms in total. The highest BCUT2D eigenvalue weighted by molar-refractivity contribution is 4.93. The number of allylic oxidation sites excluding steroid dienone is 1. The van der Waals surface area contributed by atoms with E-state index in [2.05, 4.69) is 39.6 Å². The Kier molecular flexibility index (Phi) is 11.3. The van der Waals surface area contributed by atoms with Crippen LogP contribution in [0.1, 0.15) is 59.8 Å². The predicted octanol–water partition coefficient (Wildman–Crippen LogP) is 4.37. The van der Waals surface area contributed by atoms with E-state index in [4.69, 9.17) is 4.74 Å². The number of ether oxygens (including phenoxy) is 1. The zero-order valence-corrected chi connectivity index (χ0v) is 12.9. The molecule has 0 unspecified atom stereocenters. The van der Waals surface area contributed by atoms with Crippen LogP contribution in [-0.4, -0.2) is 19.8 Å². The van der Waals surface area contributed by atoms with Gasteiger partial charge in [0.2, 0.25) is 0 Å². The first-order valence-corrected chi connectivity index (χ1v) is 7.54. The molecule has 0 aliphatic rings. The quantitative estimate of drug-likeness (QED) is 0.523. The Morgan fingerprint density at radius 3 is 2.17 bits per heavy atom. The first kappa shape index (κ1) is 17.5. The Hall–Kier alpha value is -0.500. The van der Waals surface area contributed by atoms with E-state index < -0.39 is 0 Å². The summed E-state index contributed by atoms with van der Waals surface area (Å²) in [6, 6.07) is 0. The topological polar surface area (TPSA) is 21.3 Å². The van der Waals surface area contributed by atoms with Crippen LogP contribution in [0.25, 0.3) is 0 Å². The molecule has 0 saturated heterocycles. The largest absolute Gasteiger partial charge is 0.389 e. The smallest absolute Gasteiger partial charge is 0.0466 e. The highest BCUT2D eigenvalue weighted by Gasteiger charge is 1.98. The standard InChI is InChI=1S/C16H33NO/c1-14(2)10-6-8-12-18-13-9-7-11-17-16(5)15(3)4/h14-15,17H,5-13H2,1-4H3. The molecule has 0 amide bonds. The molecule has 0 bridgehead atoms. The highest BCUT2D eigenvalue weighted by Crippen LogP contribution is 2.06. The lowest BCUT2D eigenvalue weighted by Gasteiger charge is -2.12. The molecule has 18 heavy (non-hydrogen) atoms. The van der Waals surface area contributed by atoms with Crippen LogP contribution >= 0.6 is 0 Å². The normalized spacial score (nSPS) is 11.2. The van der Waals surface area contributed by atoms with Crippen molar-refractivity contribution in [2.45, 2.75) is 59.8 Å². The molecular formula is C16H33NO. The third kappa shape index (κ3) is 12.0. The first-order valence-electron chi connectivity index (χ1n) is 7.54. The van der Waals surface area contributed by atoms with E-state index in [0.717, 1.165) is 44.2 Å². The lowest BCUT2D eigenvalue weighted by Crippen LogP contribution is -2.18. The molecule has 0 rings (SSSR count). The van der Waals surface area contributed by atoms with Crippen molar-refractivity contribution >= 4 is 0 Å². The molecule has 0 heterocycles. The van der Waals surface area contributed by atoms with Gasteiger partial charge in [-0.2, -0.15) is 0 Å². The Balaban J connectivity index is 3.10. The first-order chi connectivity index (χ1) is 8.54. The average Bonchev–Trinajstić information content (AvgIpc) is 2.30. The number of hydrogen-bond acceptors (Lipinski definition) is 2. The molecule has 0 spiro atoms. The second-order valence-corrected chi connectivity index (χ2v) is 5.82. The van der Waals surface area contributed by atoms with E-state index >= 15 is 0 Å². The third-order valence-electron chi connectivity index (χ3n) is 3.08. The summed E-state index contributed by atoms with van der Waals surface area (Å²) in [5.41, 5.74) is 1.14. The summed E-state index contributed by atoms with van der Waals surface area (Å²) in [6.07, 6.45) is 6.14. The molecule has 2 heteroatoms. The van der Waals surface area contributed by atoms with Gasteiger partial charge in [0.15, 0.2) is 0 Å². The van der Waals surface area contributed by atoms with E-state index in [1.807, 2.05) is 0 Å². The molecule has 0 fully saturated rings. The number of unbranched alkanes of at least 4 members (excludes halogenated alkanes) is 2. The summed E-state index contributed by atoms with van der Waals surface area (Å²) in [5.74, 6) is 1.35. The van der Waals surface area contributed by atoms with Gasteiger partial charge < -0.3 is 10.1 Å². The van der Waals surface area contributed by atoms with Crippen molar-refractivity contribution in [3.63, 3.8) is 0 Å². The fraction of sp³-hybridized carbons (Fsp3) is 0.875. The number of nitrogens with one attached hydrogen (secondary N) is 1. The van der Waals surface area contributed by atoms with Crippen molar-refractivity contribution < 1.29 is 4.74 Å². The SMILES string of the molecule is C=C(NCCCCOCCCCC(C)C)C(C)C. The fourth-order valence-corrected chi connectivity index (χ4v) is 1.64. The Bertz CT molecular complexity index is 199. The van der Waals surface area contributed by atoms with Gasteiger partial charge in [-0.15, -0.1) is 0 Å². The monoisotopic (exact) mass is 255 g/mol. The van der Waals surface area contributed by atoms with E-state index in [0.29, 0.717) is 5.92 Å². The second-order valence-electron chi connectivity index (χ2n) is 5.82. The Labute approximate surface area is 114 Å². The molecule has 0 saturated carbocycles. The lowest BCUT2D eigenvalue weighted by atomic mass is 10.1. The van der Waals surface area contributed by atoms with Gasteiger partial charge in [0.25, 0.3) is 0 Å². The minimum absolute atomic E-state index is 0.530. The molecule has 0 aromatic carbocycles. The van der Waals surface area contributed by atoms with Gasteiger partial charge >= 0.3 is 0 Å². The van der Waals surface area contributed by atoms with Crippen molar-refractivity contribution in [1.82, 2.24) is 5.32 Å². The van der Waals surface area contributed by atoms with Crippen LogP contribution in [0.5, 0.6) is 0 Å². The molecule has 0 aromatic rings. The summed E-state index contributed by atoms with van der Waals surface area (Å²) in [7, 11) is 0. The number of rotatable bonds is 12. The van der Waals surface area contributed by atoms with Gasteiger partial charge in [0, 0.05) is 25.5 Å². The minimum Gasteiger partial charge on any atom is -0.389 e. The predicted molar refractivity (Wildman–Crippen MR) is 80.7 cm³/mol. The van der Waals surface area contributed by atoms with E-state index in [-0.39, 0.29) is 0 Å². The van der Waals surface area contributed by atoms with E-state index in [9.17, 15) is 0 Å². The van der Waals surface area contributed by atoms with Gasteiger partial charge in [0.1, 0.15) is 0 Å². The van der Waals surface area contributed by atoms with E-state index in [1.165, 1.54) is 19.3 Å². The maximum atomic E-state index is 5.62. The van der Waals surface area contributed by atoms with Crippen LogP contribution in [0, 0.1) is 11.8 Å². The molecule has 0 aromatic heterocycles. The van der Waals surface area contributed by atoms with Crippen molar-refractivity contribution in [3.8, 4) is 0 Å². The summed E-state index contributed by atoms with van der Waals surface area (Å²) >= 11 is 0. The maximum Gasteiger partial charge on any atom is 0.0466 e. The molecular weight excluding hydrogens is 222 g/mol. The highest BCUT2D eigenvalue weighted by atomic mass is 16.5. The third-order valence-corrected chi connectivity index (χ3v) is 3.08. The minimum atomic E-state index is 0.530. The molecule has 0 aliphatic heterocycles. The summed E-state index contributed by atoms with van der Waals surface area (Å²) in [5, 5.41) is 3.36. The zero-order chi connectivity index (χ0) is 13.8. The van der Waals surface area contributed by atoms with Crippen molar-refractivity contribution in [2.75, 3.05) is 19.8 Å². The number of hydrogen-bond donors (Lipinski definition) is 1. The van der Waals surface area contributed by atoms with Crippen LogP contribution in [0.3, 0.4) is 0 Å². The Morgan fingerprint density at radius 1 is 1.00 bits per heavy atom. The van der Waals surface area contributed by atoms with E-state index in [1.54, 1.807) is 0 Å². The average molecular weight is 255 g/mol. The van der Waals surface area contributed by atoms with Crippen molar-refractivity contribution in [2.24, 2.45) is 11.8 Å². The van der Waals surface area contributed by atoms with Gasteiger partial charge in [0.05, 0.1) is 0 Å². The fourth-order valence-electron chi connectivity index (χ4n) is 1.64. The zero-order valence-electron chi connectivity index (χ0n) is 12.9. The molecule has 1 N–H and O–H groups in total. The van der Waals surface area contributed by atoms with Crippen LogP contribution in [-0.2, 0) is 4.74 Å². The van der Waals surface area contributed by atoms with Gasteiger partial charge in [-0.25, -0.2) is 0 Å². The van der Waals surface area contributed by atoms with Gasteiger partial charge in [-0.05, 0) is 31.1 Å². The molecule has 0 radical (unpaired) electrons. The van der Waals surface area contributed by atoms with Crippen LogP contribution in [0.2, 0.25) is 0 Å². The van der Waals surface area contributed by atoms with Gasteiger partial charge in [-0.1, -0.05) is 47.1 Å².